The maximum atomic E-state index is 12.3. The Morgan fingerprint density at radius 1 is 0.786 bits per heavy atom. The second-order valence-corrected chi connectivity index (χ2v) is 6.32. The Labute approximate surface area is 163 Å². The molecule has 28 heavy (non-hydrogen) atoms. The Kier molecular flexibility index (Phi) is 6.41. The van der Waals surface area contributed by atoms with Crippen molar-refractivity contribution in [3.05, 3.63) is 108 Å². The lowest BCUT2D eigenvalue weighted by molar-refractivity contribution is -0.139. The Morgan fingerprint density at radius 3 is 1.71 bits per heavy atom. The minimum atomic E-state index is -1.17. The minimum Gasteiger partial charge on any atom is -0.480 e. The van der Waals surface area contributed by atoms with E-state index in [2.05, 4.69) is 5.32 Å². The van der Waals surface area contributed by atoms with E-state index in [1.807, 2.05) is 91.0 Å². The van der Waals surface area contributed by atoms with Gasteiger partial charge in [0.2, 0.25) is 0 Å². The van der Waals surface area contributed by atoms with Crippen LogP contribution in [-0.4, -0.2) is 23.2 Å². The van der Waals surface area contributed by atoms with E-state index < -0.39 is 24.0 Å². The molecule has 0 aromatic heterocycles. The summed E-state index contributed by atoms with van der Waals surface area (Å²) in [5, 5.41) is 12.4. The summed E-state index contributed by atoms with van der Waals surface area (Å²) in [4.78, 5) is 24.3. The van der Waals surface area contributed by atoms with Crippen LogP contribution in [0.5, 0.6) is 0 Å². The van der Waals surface area contributed by atoms with Crippen LogP contribution in [-0.2, 0) is 16.1 Å². The molecule has 3 rings (SSSR count). The van der Waals surface area contributed by atoms with Crippen LogP contribution in [0.1, 0.15) is 22.6 Å². The number of alkyl carbamates (subject to hydrolysis) is 1. The van der Waals surface area contributed by atoms with Gasteiger partial charge in [0, 0.05) is 5.92 Å². The molecule has 1 unspecified atom stereocenters. The molecule has 1 amide bonds. The van der Waals surface area contributed by atoms with E-state index in [1.54, 1.807) is 0 Å². The zero-order chi connectivity index (χ0) is 19.8. The molecule has 0 heterocycles. The summed E-state index contributed by atoms with van der Waals surface area (Å²) in [6.07, 6.45) is -0.770. The monoisotopic (exact) mass is 375 g/mol. The SMILES string of the molecule is O=C(NC(C(=O)O)C(c1ccccc1)c1ccccc1)OCc1ccccc1. The van der Waals surface area contributed by atoms with Gasteiger partial charge < -0.3 is 15.2 Å². The number of carbonyl (C=O) groups excluding carboxylic acids is 1. The number of hydrogen-bond acceptors (Lipinski definition) is 3. The summed E-state index contributed by atoms with van der Waals surface area (Å²) < 4.78 is 5.22. The van der Waals surface area contributed by atoms with Gasteiger partial charge in [-0.25, -0.2) is 9.59 Å². The number of benzene rings is 3. The van der Waals surface area contributed by atoms with Crippen molar-refractivity contribution in [1.82, 2.24) is 5.32 Å². The maximum Gasteiger partial charge on any atom is 0.408 e. The van der Waals surface area contributed by atoms with E-state index in [-0.39, 0.29) is 6.61 Å². The summed E-state index contributed by atoms with van der Waals surface area (Å²) in [7, 11) is 0. The van der Waals surface area contributed by atoms with Crippen molar-refractivity contribution >= 4 is 12.1 Å². The van der Waals surface area contributed by atoms with Crippen molar-refractivity contribution in [3.8, 4) is 0 Å². The Hall–Kier alpha value is -3.60. The summed E-state index contributed by atoms with van der Waals surface area (Å²) in [5.41, 5.74) is 2.42. The molecule has 0 aliphatic carbocycles. The molecule has 0 spiro atoms. The van der Waals surface area contributed by atoms with Crippen LogP contribution in [0.4, 0.5) is 4.79 Å². The highest BCUT2D eigenvalue weighted by Crippen LogP contribution is 2.28. The van der Waals surface area contributed by atoms with Gasteiger partial charge in [-0.1, -0.05) is 91.0 Å². The van der Waals surface area contributed by atoms with Gasteiger partial charge in [-0.2, -0.15) is 0 Å². The Morgan fingerprint density at radius 2 is 1.25 bits per heavy atom. The predicted molar refractivity (Wildman–Crippen MR) is 106 cm³/mol. The molecular formula is C23H21NO4. The first-order chi connectivity index (χ1) is 13.6. The highest BCUT2D eigenvalue weighted by molar-refractivity contribution is 5.81. The molecule has 1 atom stereocenters. The number of nitrogens with one attached hydrogen (secondary N) is 1. The smallest absolute Gasteiger partial charge is 0.408 e. The highest BCUT2D eigenvalue weighted by atomic mass is 16.5. The second kappa shape index (κ2) is 9.37. The van der Waals surface area contributed by atoms with Crippen molar-refractivity contribution in [1.29, 1.82) is 0 Å². The molecule has 3 aromatic carbocycles. The van der Waals surface area contributed by atoms with E-state index in [0.717, 1.165) is 16.7 Å². The van der Waals surface area contributed by atoms with Crippen molar-refractivity contribution in [2.24, 2.45) is 0 Å². The average molecular weight is 375 g/mol. The molecule has 0 fully saturated rings. The van der Waals surface area contributed by atoms with Crippen LogP contribution in [0.3, 0.4) is 0 Å². The lowest BCUT2D eigenvalue weighted by atomic mass is 9.85. The Balaban J connectivity index is 1.81. The third kappa shape index (κ3) is 4.98. The lowest BCUT2D eigenvalue weighted by Crippen LogP contribution is -2.45. The van der Waals surface area contributed by atoms with Crippen LogP contribution in [0, 0.1) is 0 Å². The van der Waals surface area contributed by atoms with Crippen molar-refractivity contribution < 1.29 is 19.4 Å². The largest absolute Gasteiger partial charge is 0.480 e. The molecule has 0 radical (unpaired) electrons. The van der Waals surface area contributed by atoms with Gasteiger partial charge in [-0.15, -0.1) is 0 Å². The van der Waals surface area contributed by atoms with Gasteiger partial charge in [0.05, 0.1) is 0 Å². The summed E-state index contributed by atoms with van der Waals surface area (Å²) in [5.74, 6) is -1.68. The first kappa shape index (κ1) is 19.2. The highest BCUT2D eigenvalue weighted by Gasteiger charge is 2.32. The van der Waals surface area contributed by atoms with Gasteiger partial charge in [0.25, 0.3) is 0 Å². The van der Waals surface area contributed by atoms with Crippen LogP contribution in [0.15, 0.2) is 91.0 Å². The molecule has 0 bridgehead atoms. The van der Waals surface area contributed by atoms with E-state index in [0.29, 0.717) is 0 Å². The van der Waals surface area contributed by atoms with Crippen LogP contribution in [0.2, 0.25) is 0 Å². The van der Waals surface area contributed by atoms with E-state index in [4.69, 9.17) is 4.74 Å². The van der Waals surface area contributed by atoms with Gasteiger partial charge >= 0.3 is 12.1 Å². The number of ether oxygens (including phenoxy) is 1. The molecule has 0 saturated carbocycles. The fourth-order valence-electron chi connectivity index (χ4n) is 3.08. The topological polar surface area (TPSA) is 75.6 Å². The summed E-state index contributed by atoms with van der Waals surface area (Å²) in [6, 6.07) is 26.6. The maximum absolute atomic E-state index is 12.3. The number of carbonyl (C=O) groups is 2. The van der Waals surface area contributed by atoms with E-state index in [9.17, 15) is 14.7 Å². The van der Waals surface area contributed by atoms with Gasteiger partial charge in [0.1, 0.15) is 12.6 Å². The lowest BCUT2D eigenvalue weighted by Gasteiger charge is -2.25. The van der Waals surface area contributed by atoms with Crippen molar-refractivity contribution in [2.75, 3.05) is 0 Å². The molecule has 0 aliphatic rings. The van der Waals surface area contributed by atoms with Crippen LogP contribution in [0.25, 0.3) is 0 Å². The normalized spacial score (nSPS) is 11.6. The third-order valence-electron chi connectivity index (χ3n) is 4.40. The van der Waals surface area contributed by atoms with Gasteiger partial charge in [-0.05, 0) is 16.7 Å². The first-order valence-corrected chi connectivity index (χ1v) is 8.95. The zero-order valence-corrected chi connectivity index (χ0v) is 15.2. The van der Waals surface area contributed by atoms with E-state index in [1.165, 1.54) is 0 Å². The molecule has 0 saturated heterocycles. The number of carboxylic acid groups (broad SMARTS) is 1. The number of carboxylic acids is 1. The second-order valence-electron chi connectivity index (χ2n) is 6.32. The van der Waals surface area contributed by atoms with Crippen molar-refractivity contribution in [3.63, 3.8) is 0 Å². The molecule has 0 aliphatic heterocycles. The van der Waals surface area contributed by atoms with Crippen LogP contribution < -0.4 is 5.32 Å². The fraction of sp³-hybridized carbons (Fsp3) is 0.130. The molecule has 5 nitrogen and oxygen atoms in total. The summed E-state index contributed by atoms with van der Waals surface area (Å²) in [6.45, 7) is 0.0698. The minimum absolute atomic E-state index is 0.0698. The predicted octanol–water partition coefficient (Wildman–Crippen LogP) is 4.20. The molecule has 142 valence electrons. The summed E-state index contributed by atoms with van der Waals surface area (Å²) >= 11 is 0. The van der Waals surface area contributed by atoms with Crippen LogP contribution >= 0.6 is 0 Å². The van der Waals surface area contributed by atoms with Gasteiger partial charge in [0.15, 0.2) is 0 Å². The molecule has 2 N–H and O–H groups in total. The number of hydrogen-bond donors (Lipinski definition) is 2. The number of amides is 1. The quantitative estimate of drug-likeness (QED) is 0.649. The fourth-order valence-corrected chi connectivity index (χ4v) is 3.08. The molecule has 3 aromatic rings. The third-order valence-corrected chi connectivity index (χ3v) is 4.40. The van der Waals surface area contributed by atoms with E-state index >= 15 is 0 Å². The average Bonchev–Trinajstić information content (AvgIpc) is 2.74. The number of rotatable bonds is 7. The molecular weight excluding hydrogens is 354 g/mol. The number of aliphatic carboxylic acids is 1. The first-order valence-electron chi connectivity index (χ1n) is 8.95. The Bertz CT molecular complexity index is 858. The van der Waals surface area contributed by atoms with Gasteiger partial charge in [-0.3, -0.25) is 0 Å². The van der Waals surface area contributed by atoms with Crippen molar-refractivity contribution in [2.45, 2.75) is 18.6 Å². The zero-order valence-electron chi connectivity index (χ0n) is 15.2. The standard InChI is InChI=1S/C23H21NO4/c25-22(26)21(24-23(27)28-16-17-10-4-1-5-11-17)20(18-12-6-2-7-13-18)19-14-8-3-9-15-19/h1-15,20-21H,16H2,(H,24,27)(H,25,26). The molecule has 5 heteroatoms.